The van der Waals surface area contributed by atoms with Crippen molar-refractivity contribution in [1.82, 2.24) is 9.97 Å². The zero-order valence-electron chi connectivity index (χ0n) is 14.4. The van der Waals surface area contributed by atoms with Gasteiger partial charge in [0.05, 0.1) is 25.5 Å². The molecule has 130 valence electrons. The summed E-state index contributed by atoms with van der Waals surface area (Å²) in [7, 11) is 3.17. The summed E-state index contributed by atoms with van der Waals surface area (Å²) in [6.45, 7) is 0. The van der Waals surface area contributed by atoms with E-state index >= 15 is 0 Å². The first-order valence-electron chi connectivity index (χ1n) is 7.87. The topological polar surface area (TPSA) is 68.0 Å². The fourth-order valence-corrected chi connectivity index (χ4v) is 2.59. The van der Waals surface area contributed by atoms with Crippen LogP contribution in [0, 0.1) is 17.1 Å². The van der Waals surface area contributed by atoms with E-state index in [9.17, 15) is 4.39 Å². The molecule has 0 atom stereocenters. The maximum atomic E-state index is 13.5. The molecule has 0 bridgehead atoms. The monoisotopic (exact) mass is 349 g/mol. The van der Waals surface area contributed by atoms with E-state index in [4.69, 9.17) is 14.7 Å². The Morgan fingerprint density at radius 1 is 1.04 bits per heavy atom. The minimum absolute atomic E-state index is 0.0115. The second-order valence-electron chi connectivity index (χ2n) is 5.53. The molecule has 0 aliphatic carbocycles. The van der Waals surface area contributed by atoms with Crippen LogP contribution >= 0.6 is 0 Å². The van der Waals surface area contributed by atoms with Crippen LogP contribution in [0.4, 0.5) is 4.39 Å². The Morgan fingerprint density at radius 3 is 2.58 bits per heavy atom. The molecule has 0 spiro atoms. The van der Waals surface area contributed by atoms with Gasteiger partial charge in [-0.2, -0.15) is 5.26 Å². The lowest BCUT2D eigenvalue weighted by atomic mass is 10.1. The van der Waals surface area contributed by atoms with Gasteiger partial charge < -0.3 is 9.47 Å². The third kappa shape index (κ3) is 3.62. The molecule has 1 heterocycles. The van der Waals surface area contributed by atoms with E-state index in [1.54, 1.807) is 32.5 Å². The predicted octanol–water partition coefficient (Wildman–Crippen LogP) is 3.76. The zero-order valence-corrected chi connectivity index (χ0v) is 14.4. The van der Waals surface area contributed by atoms with Gasteiger partial charge in [0, 0.05) is 18.2 Å². The van der Waals surface area contributed by atoms with Gasteiger partial charge in [-0.15, -0.1) is 0 Å². The maximum absolute atomic E-state index is 13.5. The van der Waals surface area contributed by atoms with Crippen molar-refractivity contribution in [3.05, 3.63) is 71.4 Å². The molecule has 6 heteroatoms. The number of rotatable bonds is 5. The van der Waals surface area contributed by atoms with E-state index in [0.29, 0.717) is 35.0 Å². The summed E-state index contributed by atoms with van der Waals surface area (Å²) >= 11 is 0. The highest BCUT2D eigenvalue weighted by Crippen LogP contribution is 2.28. The highest BCUT2D eigenvalue weighted by Gasteiger charge is 2.09. The molecule has 1 aromatic heterocycles. The fourth-order valence-electron chi connectivity index (χ4n) is 2.59. The summed E-state index contributed by atoms with van der Waals surface area (Å²) in [5, 5.41) is 8.99. The van der Waals surface area contributed by atoms with Crippen LogP contribution in [0.1, 0.15) is 17.0 Å². The van der Waals surface area contributed by atoms with Gasteiger partial charge in [-0.3, -0.25) is 0 Å². The first kappa shape index (κ1) is 17.4. The Balaban J connectivity index is 1.90. The lowest BCUT2D eigenvalue weighted by Gasteiger charge is -2.09. The first-order chi connectivity index (χ1) is 12.6. The predicted molar refractivity (Wildman–Crippen MR) is 94.5 cm³/mol. The van der Waals surface area contributed by atoms with Gasteiger partial charge in [-0.25, -0.2) is 14.4 Å². The summed E-state index contributed by atoms with van der Waals surface area (Å²) in [5.74, 6) is 1.35. The molecule has 0 amide bonds. The third-order valence-electron chi connectivity index (χ3n) is 3.90. The number of nitriles is 1. The number of ether oxygens (including phenoxy) is 2. The van der Waals surface area contributed by atoms with E-state index in [-0.39, 0.29) is 5.56 Å². The maximum Gasteiger partial charge on any atom is 0.161 e. The number of halogens is 1. The van der Waals surface area contributed by atoms with Crippen molar-refractivity contribution >= 4 is 0 Å². The second kappa shape index (κ2) is 7.62. The molecule has 2 aromatic carbocycles. The van der Waals surface area contributed by atoms with Gasteiger partial charge in [0.15, 0.2) is 11.5 Å². The fraction of sp³-hybridized carbons (Fsp3) is 0.150. The average Bonchev–Trinajstić information content (AvgIpc) is 2.68. The summed E-state index contributed by atoms with van der Waals surface area (Å²) < 4.78 is 24.1. The summed E-state index contributed by atoms with van der Waals surface area (Å²) in [6, 6.07) is 13.5. The molecule has 26 heavy (non-hydrogen) atoms. The van der Waals surface area contributed by atoms with Gasteiger partial charge >= 0.3 is 0 Å². The molecule has 3 aromatic rings. The minimum atomic E-state index is -0.546. The Labute approximate surface area is 150 Å². The SMILES string of the molecule is COc1ccc(Cc2nccc(-c3ccc(F)c(C#N)c3)n2)cc1OC. The van der Waals surface area contributed by atoms with Crippen molar-refractivity contribution < 1.29 is 13.9 Å². The number of hydrogen-bond donors (Lipinski definition) is 0. The standard InChI is InChI=1S/C20H16FN3O2/c1-25-18-6-3-13(9-19(18)26-2)10-20-23-8-7-17(24-20)14-4-5-16(21)15(11-14)12-22/h3-9,11H,10H2,1-2H3. The number of benzene rings is 2. The van der Waals surface area contributed by atoms with Crippen LogP contribution < -0.4 is 9.47 Å². The molecule has 0 unspecified atom stereocenters. The highest BCUT2D eigenvalue weighted by molar-refractivity contribution is 5.61. The Bertz CT molecular complexity index is 983. The van der Waals surface area contributed by atoms with E-state index in [1.165, 1.54) is 12.1 Å². The minimum Gasteiger partial charge on any atom is -0.493 e. The van der Waals surface area contributed by atoms with Gasteiger partial charge in [-0.1, -0.05) is 6.07 Å². The molecular weight excluding hydrogens is 333 g/mol. The molecule has 0 aliphatic rings. The third-order valence-corrected chi connectivity index (χ3v) is 3.90. The largest absolute Gasteiger partial charge is 0.493 e. The van der Waals surface area contributed by atoms with Crippen LogP contribution in [0.2, 0.25) is 0 Å². The smallest absolute Gasteiger partial charge is 0.161 e. The quantitative estimate of drug-likeness (QED) is 0.701. The van der Waals surface area contributed by atoms with Gasteiger partial charge in [0.2, 0.25) is 0 Å². The van der Waals surface area contributed by atoms with Crippen LogP contribution in [0.15, 0.2) is 48.7 Å². The first-order valence-corrected chi connectivity index (χ1v) is 7.87. The molecule has 5 nitrogen and oxygen atoms in total. The van der Waals surface area contributed by atoms with Gasteiger partial charge in [-0.05, 0) is 42.0 Å². The lowest BCUT2D eigenvalue weighted by Crippen LogP contribution is -1.99. The Hall–Kier alpha value is -3.46. The molecule has 3 rings (SSSR count). The van der Waals surface area contributed by atoms with Crippen LogP contribution in [-0.4, -0.2) is 24.2 Å². The van der Waals surface area contributed by atoms with Crippen molar-refractivity contribution in [3.63, 3.8) is 0 Å². The van der Waals surface area contributed by atoms with Crippen molar-refractivity contribution in [1.29, 1.82) is 5.26 Å². The van der Waals surface area contributed by atoms with E-state index < -0.39 is 5.82 Å². The van der Waals surface area contributed by atoms with Crippen LogP contribution in [0.5, 0.6) is 11.5 Å². The van der Waals surface area contributed by atoms with Crippen molar-refractivity contribution in [3.8, 4) is 28.8 Å². The van der Waals surface area contributed by atoms with E-state index in [0.717, 1.165) is 5.56 Å². The Morgan fingerprint density at radius 2 is 1.85 bits per heavy atom. The number of methoxy groups -OCH3 is 2. The van der Waals surface area contributed by atoms with E-state index in [1.807, 2.05) is 24.3 Å². The number of nitrogens with zero attached hydrogens (tertiary/aromatic N) is 3. The molecule has 0 radical (unpaired) electrons. The molecule has 0 aliphatic heterocycles. The van der Waals surface area contributed by atoms with Crippen LogP contribution in [-0.2, 0) is 6.42 Å². The lowest BCUT2D eigenvalue weighted by molar-refractivity contribution is 0.354. The Kier molecular flexibility index (Phi) is 5.09. The molecular formula is C20H16FN3O2. The van der Waals surface area contributed by atoms with Crippen LogP contribution in [0.25, 0.3) is 11.3 Å². The number of aromatic nitrogens is 2. The average molecular weight is 349 g/mol. The van der Waals surface area contributed by atoms with Crippen molar-refractivity contribution in [2.75, 3.05) is 14.2 Å². The second-order valence-corrected chi connectivity index (χ2v) is 5.53. The highest BCUT2D eigenvalue weighted by atomic mass is 19.1. The normalized spacial score (nSPS) is 10.2. The van der Waals surface area contributed by atoms with Crippen molar-refractivity contribution in [2.45, 2.75) is 6.42 Å². The number of hydrogen-bond acceptors (Lipinski definition) is 5. The summed E-state index contributed by atoms with van der Waals surface area (Å²) in [6.07, 6.45) is 2.15. The molecule has 0 N–H and O–H groups in total. The van der Waals surface area contributed by atoms with E-state index in [2.05, 4.69) is 9.97 Å². The van der Waals surface area contributed by atoms with Crippen LogP contribution in [0.3, 0.4) is 0 Å². The van der Waals surface area contributed by atoms with Gasteiger partial charge in [0.25, 0.3) is 0 Å². The molecule has 0 saturated carbocycles. The molecule has 0 saturated heterocycles. The molecule has 0 fully saturated rings. The summed E-state index contributed by atoms with van der Waals surface area (Å²) in [5.41, 5.74) is 2.25. The van der Waals surface area contributed by atoms with Crippen molar-refractivity contribution in [2.24, 2.45) is 0 Å². The summed E-state index contributed by atoms with van der Waals surface area (Å²) in [4.78, 5) is 8.82. The zero-order chi connectivity index (χ0) is 18.5. The van der Waals surface area contributed by atoms with Gasteiger partial charge in [0.1, 0.15) is 17.7 Å².